The molecular weight excluding hydrogens is 110 g/mol. The summed E-state index contributed by atoms with van der Waals surface area (Å²) < 4.78 is 0. The highest BCUT2D eigenvalue weighted by atomic mass is 14.9. The Labute approximate surface area is 57.1 Å². The fourth-order valence-electron chi connectivity index (χ4n) is 1.10. The molecular formula is C8H15N. The van der Waals surface area contributed by atoms with Crippen LogP contribution in [0.15, 0.2) is 12.2 Å². The molecule has 1 aliphatic heterocycles. The van der Waals surface area contributed by atoms with Gasteiger partial charge < -0.3 is 5.32 Å². The van der Waals surface area contributed by atoms with Crippen LogP contribution in [0.25, 0.3) is 0 Å². The molecule has 1 rings (SSSR count). The van der Waals surface area contributed by atoms with Gasteiger partial charge in [-0.1, -0.05) is 26.0 Å². The average Bonchev–Trinajstić information content (AvgIpc) is 1.77. The summed E-state index contributed by atoms with van der Waals surface area (Å²) in [5.74, 6) is 0. The third kappa shape index (κ3) is 1.33. The molecule has 0 amide bonds. The first-order valence-electron chi connectivity index (χ1n) is 3.52. The summed E-state index contributed by atoms with van der Waals surface area (Å²) in [4.78, 5) is 0. The van der Waals surface area contributed by atoms with Crippen LogP contribution in [-0.2, 0) is 0 Å². The van der Waals surface area contributed by atoms with E-state index in [0.29, 0.717) is 5.41 Å². The van der Waals surface area contributed by atoms with Crippen molar-refractivity contribution in [2.45, 2.75) is 20.3 Å². The van der Waals surface area contributed by atoms with Crippen LogP contribution in [0, 0.1) is 5.41 Å². The van der Waals surface area contributed by atoms with Crippen molar-refractivity contribution in [3.63, 3.8) is 0 Å². The topological polar surface area (TPSA) is 12.0 Å². The monoisotopic (exact) mass is 125 g/mol. The lowest BCUT2D eigenvalue weighted by Crippen LogP contribution is -2.37. The molecule has 0 aliphatic carbocycles. The molecule has 0 radical (unpaired) electrons. The minimum absolute atomic E-state index is 0.332. The summed E-state index contributed by atoms with van der Waals surface area (Å²) in [6.45, 7) is 10.7. The zero-order valence-electron chi connectivity index (χ0n) is 6.33. The highest BCUT2D eigenvalue weighted by Crippen LogP contribution is 2.28. The van der Waals surface area contributed by atoms with Gasteiger partial charge in [-0.25, -0.2) is 0 Å². The van der Waals surface area contributed by atoms with Gasteiger partial charge in [0.2, 0.25) is 0 Å². The van der Waals surface area contributed by atoms with Crippen molar-refractivity contribution in [2.24, 2.45) is 5.41 Å². The number of hydrogen-bond acceptors (Lipinski definition) is 1. The highest BCUT2D eigenvalue weighted by Gasteiger charge is 2.23. The zero-order valence-corrected chi connectivity index (χ0v) is 6.33. The summed E-state index contributed by atoms with van der Waals surface area (Å²) >= 11 is 0. The van der Waals surface area contributed by atoms with Gasteiger partial charge in [-0.3, -0.25) is 0 Å². The van der Waals surface area contributed by atoms with Crippen LogP contribution in [-0.4, -0.2) is 13.1 Å². The molecule has 1 nitrogen and oxygen atoms in total. The molecule has 0 bridgehead atoms. The Morgan fingerprint density at radius 2 is 2.22 bits per heavy atom. The maximum absolute atomic E-state index is 4.03. The van der Waals surface area contributed by atoms with E-state index in [4.69, 9.17) is 0 Å². The fourth-order valence-corrected chi connectivity index (χ4v) is 1.10. The van der Waals surface area contributed by atoms with Crippen molar-refractivity contribution in [3.05, 3.63) is 12.2 Å². The molecule has 0 unspecified atom stereocenters. The largest absolute Gasteiger partial charge is 0.316 e. The van der Waals surface area contributed by atoms with Crippen molar-refractivity contribution >= 4 is 0 Å². The lowest BCUT2D eigenvalue weighted by atomic mass is 9.81. The summed E-state index contributed by atoms with van der Waals surface area (Å²) in [7, 11) is 0. The Bertz CT molecular complexity index is 125. The summed E-state index contributed by atoms with van der Waals surface area (Å²) in [5, 5.41) is 3.34. The lowest BCUT2D eigenvalue weighted by molar-refractivity contribution is 0.359. The SMILES string of the molecule is C=C1CCNCC1(C)C. The Balaban J connectivity index is 2.60. The number of hydrogen-bond donors (Lipinski definition) is 1. The molecule has 1 heteroatoms. The van der Waals surface area contributed by atoms with E-state index in [1.165, 1.54) is 5.57 Å². The van der Waals surface area contributed by atoms with Gasteiger partial charge >= 0.3 is 0 Å². The number of piperidine rings is 1. The van der Waals surface area contributed by atoms with E-state index in [2.05, 4.69) is 25.7 Å². The van der Waals surface area contributed by atoms with Crippen LogP contribution in [0.5, 0.6) is 0 Å². The van der Waals surface area contributed by atoms with Crippen LogP contribution in [0.4, 0.5) is 0 Å². The Kier molecular flexibility index (Phi) is 1.62. The van der Waals surface area contributed by atoms with E-state index in [1.54, 1.807) is 0 Å². The van der Waals surface area contributed by atoms with Crippen LogP contribution in [0.1, 0.15) is 20.3 Å². The van der Waals surface area contributed by atoms with E-state index >= 15 is 0 Å². The van der Waals surface area contributed by atoms with E-state index in [0.717, 1.165) is 19.5 Å². The summed E-state index contributed by atoms with van der Waals surface area (Å²) in [6, 6.07) is 0. The molecule has 1 aliphatic rings. The Hall–Kier alpha value is -0.300. The quantitative estimate of drug-likeness (QED) is 0.484. The number of nitrogens with one attached hydrogen (secondary N) is 1. The molecule has 0 aromatic rings. The Morgan fingerprint density at radius 3 is 2.56 bits per heavy atom. The molecule has 1 heterocycles. The van der Waals surface area contributed by atoms with Crippen LogP contribution >= 0.6 is 0 Å². The fraction of sp³-hybridized carbons (Fsp3) is 0.750. The molecule has 9 heavy (non-hydrogen) atoms. The first kappa shape index (κ1) is 6.81. The first-order valence-corrected chi connectivity index (χ1v) is 3.52. The van der Waals surface area contributed by atoms with Crippen molar-refractivity contribution in [1.82, 2.24) is 5.32 Å². The van der Waals surface area contributed by atoms with Gasteiger partial charge in [-0.15, -0.1) is 0 Å². The third-order valence-electron chi connectivity index (χ3n) is 2.13. The van der Waals surface area contributed by atoms with Crippen molar-refractivity contribution < 1.29 is 0 Å². The first-order chi connectivity index (χ1) is 4.13. The highest BCUT2D eigenvalue weighted by molar-refractivity contribution is 5.10. The predicted octanol–water partition coefficient (Wildman–Crippen LogP) is 1.56. The molecule has 1 saturated heterocycles. The standard InChI is InChI=1S/C8H15N/c1-7-4-5-9-6-8(7,2)3/h9H,1,4-6H2,2-3H3. The second-order valence-corrected chi connectivity index (χ2v) is 3.41. The molecule has 0 spiro atoms. The van der Waals surface area contributed by atoms with Gasteiger partial charge in [0.15, 0.2) is 0 Å². The zero-order chi connectivity index (χ0) is 6.91. The predicted molar refractivity (Wildman–Crippen MR) is 40.4 cm³/mol. The minimum atomic E-state index is 0.332. The average molecular weight is 125 g/mol. The van der Waals surface area contributed by atoms with Crippen molar-refractivity contribution in [3.8, 4) is 0 Å². The van der Waals surface area contributed by atoms with Crippen LogP contribution in [0.3, 0.4) is 0 Å². The molecule has 0 aromatic heterocycles. The molecule has 0 aromatic carbocycles. The maximum Gasteiger partial charge on any atom is 0.00399 e. The molecule has 1 fully saturated rings. The molecule has 0 saturated carbocycles. The molecule has 1 N–H and O–H groups in total. The lowest BCUT2D eigenvalue weighted by Gasteiger charge is -2.32. The van der Waals surface area contributed by atoms with E-state index in [-0.39, 0.29) is 0 Å². The maximum atomic E-state index is 4.03. The molecule has 0 atom stereocenters. The van der Waals surface area contributed by atoms with Gasteiger partial charge in [0.1, 0.15) is 0 Å². The number of rotatable bonds is 0. The summed E-state index contributed by atoms with van der Waals surface area (Å²) in [6.07, 6.45) is 1.15. The van der Waals surface area contributed by atoms with Crippen molar-refractivity contribution in [1.29, 1.82) is 0 Å². The molecule has 52 valence electrons. The smallest absolute Gasteiger partial charge is 0.00399 e. The van der Waals surface area contributed by atoms with Gasteiger partial charge in [0.25, 0.3) is 0 Å². The summed E-state index contributed by atoms with van der Waals surface area (Å²) in [5.41, 5.74) is 1.72. The van der Waals surface area contributed by atoms with E-state index < -0.39 is 0 Å². The van der Waals surface area contributed by atoms with Gasteiger partial charge in [0, 0.05) is 6.54 Å². The van der Waals surface area contributed by atoms with Gasteiger partial charge in [0.05, 0.1) is 0 Å². The second-order valence-electron chi connectivity index (χ2n) is 3.41. The minimum Gasteiger partial charge on any atom is -0.316 e. The second kappa shape index (κ2) is 2.14. The van der Waals surface area contributed by atoms with Crippen LogP contribution < -0.4 is 5.32 Å². The Morgan fingerprint density at radius 1 is 1.56 bits per heavy atom. The van der Waals surface area contributed by atoms with Crippen LogP contribution in [0.2, 0.25) is 0 Å². The van der Waals surface area contributed by atoms with E-state index in [9.17, 15) is 0 Å². The third-order valence-corrected chi connectivity index (χ3v) is 2.13. The normalized spacial score (nSPS) is 26.2. The van der Waals surface area contributed by atoms with Gasteiger partial charge in [-0.2, -0.15) is 0 Å². The van der Waals surface area contributed by atoms with E-state index in [1.807, 2.05) is 0 Å². The van der Waals surface area contributed by atoms with Crippen molar-refractivity contribution in [2.75, 3.05) is 13.1 Å². The van der Waals surface area contributed by atoms with Gasteiger partial charge in [-0.05, 0) is 18.4 Å².